The third-order valence-electron chi connectivity index (χ3n) is 5.15. The Morgan fingerprint density at radius 3 is 2.28 bits per heavy atom. The second-order valence-electron chi connectivity index (χ2n) is 6.70. The summed E-state index contributed by atoms with van der Waals surface area (Å²) in [5, 5.41) is 0. The lowest BCUT2D eigenvalue weighted by atomic mass is 9.69. The molecular formula is C15H30N2O. The van der Waals surface area contributed by atoms with Gasteiger partial charge in [0.1, 0.15) is 0 Å². The summed E-state index contributed by atoms with van der Waals surface area (Å²) in [7, 11) is 1.93. The molecule has 0 aromatic carbocycles. The number of carbonyl (C=O) groups is 1. The van der Waals surface area contributed by atoms with Crippen molar-refractivity contribution in [2.75, 3.05) is 13.6 Å². The molecule has 0 aliphatic heterocycles. The summed E-state index contributed by atoms with van der Waals surface area (Å²) in [6.07, 6.45) is 5.13. The van der Waals surface area contributed by atoms with Gasteiger partial charge in [-0.05, 0) is 51.9 Å². The SMILES string of the molecule is CCC(C)(C)N(C)C(=O)C1(CN)CCC(C)CC1. The predicted octanol–water partition coefficient (Wildman–Crippen LogP) is 2.79. The van der Waals surface area contributed by atoms with Crippen LogP contribution < -0.4 is 5.73 Å². The van der Waals surface area contributed by atoms with Crippen molar-refractivity contribution in [3.8, 4) is 0 Å². The number of hydrogen-bond acceptors (Lipinski definition) is 2. The lowest BCUT2D eigenvalue weighted by molar-refractivity contribution is -0.148. The summed E-state index contributed by atoms with van der Waals surface area (Å²) in [4.78, 5) is 14.7. The van der Waals surface area contributed by atoms with Gasteiger partial charge >= 0.3 is 0 Å². The highest BCUT2D eigenvalue weighted by atomic mass is 16.2. The van der Waals surface area contributed by atoms with E-state index in [0.717, 1.165) is 38.0 Å². The fraction of sp³-hybridized carbons (Fsp3) is 0.933. The zero-order chi connectivity index (χ0) is 14.0. The van der Waals surface area contributed by atoms with Crippen LogP contribution in [0.5, 0.6) is 0 Å². The number of nitrogens with two attached hydrogens (primary N) is 1. The van der Waals surface area contributed by atoms with Crippen LogP contribution in [0.25, 0.3) is 0 Å². The van der Waals surface area contributed by atoms with Gasteiger partial charge in [0.05, 0.1) is 5.41 Å². The van der Waals surface area contributed by atoms with Crippen LogP contribution in [0.4, 0.5) is 0 Å². The number of amides is 1. The van der Waals surface area contributed by atoms with Crippen LogP contribution in [0.1, 0.15) is 59.8 Å². The number of hydrogen-bond donors (Lipinski definition) is 1. The minimum absolute atomic E-state index is 0.0810. The monoisotopic (exact) mass is 254 g/mol. The number of carbonyl (C=O) groups excluding carboxylic acids is 1. The zero-order valence-electron chi connectivity index (χ0n) is 12.8. The normalized spacial score (nSPS) is 29.1. The Balaban J connectivity index is 2.86. The van der Waals surface area contributed by atoms with E-state index in [4.69, 9.17) is 5.73 Å². The number of rotatable bonds is 4. The van der Waals surface area contributed by atoms with Crippen molar-refractivity contribution in [1.29, 1.82) is 0 Å². The molecule has 2 N–H and O–H groups in total. The molecule has 0 radical (unpaired) electrons. The van der Waals surface area contributed by atoms with Crippen molar-refractivity contribution in [3.63, 3.8) is 0 Å². The van der Waals surface area contributed by atoms with Crippen molar-refractivity contribution in [2.24, 2.45) is 17.1 Å². The van der Waals surface area contributed by atoms with Gasteiger partial charge < -0.3 is 10.6 Å². The molecule has 3 heteroatoms. The van der Waals surface area contributed by atoms with Crippen LogP contribution in [-0.4, -0.2) is 29.9 Å². The maximum Gasteiger partial charge on any atom is 0.230 e. The standard InChI is InChI=1S/C15H30N2O/c1-6-14(3,4)17(5)13(18)15(11-16)9-7-12(2)8-10-15/h12H,6-11,16H2,1-5H3. The molecule has 1 fully saturated rings. The molecule has 18 heavy (non-hydrogen) atoms. The molecular weight excluding hydrogens is 224 g/mol. The molecule has 1 aliphatic carbocycles. The third-order valence-corrected chi connectivity index (χ3v) is 5.15. The van der Waals surface area contributed by atoms with E-state index >= 15 is 0 Å². The van der Waals surface area contributed by atoms with Gasteiger partial charge in [-0.2, -0.15) is 0 Å². The summed E-state index contributed by atoms with van der Waals surface area (Å²) in [5.41, 5.74) is 5.58. The van der Waals surface area contributed by atoms with Gasteiger partial charge in [0, 0.05) is 19.1 Å². The van der Waals surface area contributed by atoms with Crippen LogP contribution in [0.15, 0.2) is 0 Å². The molecule has 0 spiro atoms. The Labute approximate surface area is 112 Å². The molecule has 1 amide bonds. The Morgan fingerprint density at radius 2 is 1.89 bits per heavy atom. The van der Waals surface area contributed by atoms with E-state index in [1.165, 1.54) is 0 Å². The first-order chi connectivity index (χ1) is 8.29. The molecule has 0 saturated heterocycles. The molecule has 1 saturated carbocycles. The smallest absolute Gasteiger partial charge is 0.230 e. The highest BCUT2D eigenvalue weighted by molar-refractivity contribution is 5.83. The van der Waals surface area contributed by atoms with Gasteiger partial charge in [0.15, 0.2) is 0 Å². The summed E-state index contributed by atoms with van der Waals surface area (Å²) >= 11 is 0. The zero-order valence-corrected chi connectivity index (χ0v) is 12.8. The van der Waals surface area contributed by atoms with Gasteiger partial charge in [-0.25, -0.2) is 0 Å². The molecule has 0 unspecified atom stereocenters. The Bertz CT molecular complexity index is 291. The average Bonchev–Trinajstić information content (AvgIpc) is 2.38. The molecule has 0 atom stereocenters. The average molecular weight is 254 g/mol. The number of nitrogens with zero attached hydrogens (tertiary/aromatic N) is 1. The summed E-state index contributed by atoms with van der Waals surface area (Å²) in [6.45, 7) is 9.14. The topological polar surface area (TPSA) is 46.3 Å². The van der Waals surface area contributed by atoms with E-state index in [1.54, 1.807) is 0 Å². The van der Waals surface area contributed by atoms with Crippen molar-refractivity contribution in [1.82, 2.24) is 4.90 Å². The largest absolute Gasteiger partial charge is 0.340 e. The Kier molecular flexibility index (Phi) is 4.82. The van der Waals surface area contributed by atoms with Crippen LogP contribution in [0.3, 0.4) is 0 Å². The quantitative estimate of drug-likeness (QED) is 0.838. The first kappa shape index (κ1) is 15.5. The lowest BCUT2D eigenvalue weighted by Crippen LogP contribution is -2.54. The van der Waals surface area contributed by atoms with Gasteiger partial charge in [-0.1, -0.05) is 13.8 Å². The van der Waals surface area contributed by atoms with E-state index in [9.17, 15) is 4.79 Å². The van der Waals surface area contributed by atoms with Crippen molar-refractivity contribution < 1.29 is 4.79 Å². The molecule has 0 aromatic heterocycles. The maximum absolute atomic E-state index is 12.8. The van der Waals surface area contributed by atoms with Gasteiger partial charge in [-0.15, -0.1) is 0 Å². The van der Waals surface area contributed by atoms with E-state index in [2.05, 4.69) is 27.7 Å². The predicted molar refractivity (Wildman–Crippen MR) is 76.3 cm³/mol. The van der Waals surface area contributed by atoms with E-state index < -0.39 is 0 Å². The highest BCUT2D eigenvalue weighted by Crippen LogP contribution is 2.40. The minimum Gasteiger partial charge on any atom is -0.340 e. The maximum atomic E-state index is 12.8. The molecule has 1 rings (SSSR count). The van der Waals surface area contributed by atoms with Crippen molar-refractivity contribution in [2.45, 2.75) is 65.3 Å². The van der Waals surface area contributed by atoms with E-state index in [-0.39, 0.29) is 16.9 Å². The summed E-state index contributed by atoms with van der Waals surface area (Å²) < 4.78 is 0. The second kappa shape index (κ2) is 5.60. The molecule has 1 aliphatic rings. The Hall–Kier alpha value is -0.570. The molecule has 0 aromatic rings. The van der Waals surface area contributed by atoms with Gasteiger partial charge in [-0.3, -0.25) is 4.79 Å². The third kappa shape index (κ3) is 2.87. The lowest BCUT2D eigenvalue weighted by Gasteiger charge is -2.44. The molecule has 3 nitrogen and oxygen atoms in total. The second-order valence-corrected chi connectivity index (χ2v) is 6.70. The fourth-order valence-electron chi connectivity index (χ4n) is 2.69. The molecule has 106 valence electrons. The highest BCUT2D eigenvalue weighted by Gasteiger charge is 2.43. The van der Waals surface area contributed by atoms with Crippen LogP contribution in [-0.2, 0) is 4.79 Å². The summed E-state index contributed by atoms with van der Waals surface area (Å²) in [5.74, 6) is 0.991. The molecule has 0 bridgehead atoms. The minimum atomic E-state index is -0.298. The first-order valence-corrected chi connectivity index (χ1v) is 7.27. The Morgan fingerprint density at radius 1 is 1.39 bits per heavy atom. The van der Waals surface area contributed by atoms with Crippen molar-refractivity contribution >= 4 is 5.91 Å². The van der Waals surface area contributed by atoms with Gasteiger partial charge in [0.25, 0.3) is 0 Å². The van der Waals surface area contributed by atoms with Crippen LogP contribution >= 0.6 is 0 Å². The summed E-state index contributed by atoms with van der Waals surface area (Å²) in [6, 6.07) is 0. The first-order valence-electron chi connectivity index (χ1n) is 7.27. The van der Waals surface area contributed by atoms with Crippen molar-refractivity contribution in [3.05, 3.63) is 0 Å². The van der Waals surface area contributed by atoms with Crippen LogP contribution in [0, 0.1) is 11.3 Å². The fourth-order valence-corrected chi connectivity index (χ4v) is 2.69. The van der Waals surface area contributed by atoms with E-state index in [0.29, 0.717) is 6.54 Å². The van der Waals surface area contributed by atoms with E-state index in [1.807, 2.05) is 11.9 Å². The van der Waals surface area contributed by atoms with Gasteiger partial charge in [0.2, 0.25) is 5.91 Å². The molecule has 0 heterocycles. The van der Waals surface area contributed by atoms with Crippen LogP contribution in [0.2, 0.25) is 0 Å².